The van der Waals surface area contributed by atoms with Crippen molar-refractivity contribution in [2.24, 2.45) is 17.8 Å². The van der Waals surface area contributed by atoms with Crippen molar-refractivity contribution >= 4 is 11.9 Å². The fourth-order valence-corrected chi connectivity index (χ4v) is 5.58. The zero-order chi connectivity index (χ0) is 28.4. The van der Waals surface area contributed by atoms with Crippen LogP contribution >= 0.6 is 0 Å². The van der Waals surface area contributed by atoms with Crippen LogP contribution in [-0.2, 0) is 33.2 Å². The zero-order valence-corrected chi connectivity index (χ0v) is 23.6. The van der Waals surface area contributed by atoms with Crippen molar-refractivity contribution in [3.8, 4) is 0 Å². The molecule has 216 valence electrons. The predicted octanol–water partition coefficient (Wildman–Crippen LogP) is 4.60. The molecule has 0 radical (unpaired) electrons. The van der Waals surface area contributed by atoms with E-state index in [0.717, 1.165) is 0 Å². The normalized spacial score (nSPS) is 35.0. The average Bonchev–Trinajstić information content (AvgIpc) is 3.29. The quantitative estimate of drug-likeness (QED) is 0.455. The molecule has 3 aliphatic heterocycles. The lowest BCUT2D eigenvalue weighted by molar-refractivity contribution is -0.311. The zero-order valence-electron chi connectivity index (χ0n) is 23.6. The first kappa shape index (κ1) is 28.7. The molecule has 0 spiro atoms. The molecule has 0 bridgehead atoms. The van der Waals surface area contributed by atoms with Gasteiger partial charge in [-0.2, -0.15) is 0 Å². The fourth-order valence-electron chi connectivity index (χ4n) is 5.58. The molecule has 0 saturated carbocycles. The first-order valence-electron chi connectivity index (χ1n) is 13.9. The highest BCUT2D eigenvalue weighted by atomic mass is 16.8. The number of hydrogen-bond donors (Lipinski definition) is 0. The number of fused-ring (bicyclic) bond motifs is 1. The summed E-state index contributed by atoms with van der Waals surface area (Å²) in [5.74, 6) is -2.18. The SMILES string of the molecule is CC1[C@H](OC(=O)c2ccccc2)OC(COC(=O)c2ccccc2)[C@@H](C)[C@@H]1O[C@H]1OC[C@@H](C)[C@@H]2OC(C)(C)OC12. The maximum Gasteiger partial charge on any atom is 0.340 e. The first-order chi connectivity index (χ1) is 19.1. The van der Waals surface area contributed by atoms with Crippen LogP contribution < -0.4 is 0 Å². The minimum Gasteiger partial charge on any atom is -0.459 e. The Morgan fingerprint density at radius 3 is 2.08 bits per heavy atom. The summed E-state index contributed by atoms with van der Waals surface area (Å²) in [6.07, 6.45) is -3.28. The van der Waals surface area contributed by atoms with Gasteiger partial charge in [0.1, 0.15) is 18.8 Å². The van der Waals surface area contributed by atoms with Gasteiger partial charge in [0.15, 0.2) is 12.1 Å². The van der Waals surface area contributed by atoms with Crippen molar-refractivity contribution in [3.63, 3.8) is 0 Å². The largest absolute Gasteiger partial charge is 0.459 e. The minimum atomic E-state index is -0.940. The molecule has 3 aliphatic rings. The van der Waals surface area contributed by atoms with Gasteiger partial charge in [-0.1, -0.05) is 57.2 Å². The second-order valence-electron chi connectivity index (χ2n) is 11.3. The van der Waals surface area contributed by atoms with Gasteiger partial charge in [0.2, 0.25) is 6.29 Å². The molecule has 9 nitrogen and oxygen atoms in total. The maximum absolute atomic E-state index is 13.0. The van der Waals surface area contributed by atoms with E-state index in [4.69, 9.17) is 33.2 Å². The number of carbonyl (C=O) groups excluding carboxylic acids is 2. The number of hydrogen-bond acceptors (Lipinski definition) is 9. The van der Waals surface area contributed by atoms with Crippen molar-refractivity contribution in [2.45, 2.75) is 77.4 Å². The molecular formula is C31H38O9. The Kier molecular flexibility index (Phi) is 8.58. The van der Waals surface area contributed by atoms with Crippen LogP contribution in [0.3, 0.4) is 0 Å². The first-order valence-corrected chi connectivity index (χ1v) is 13.9. The predicted molar refractivity (Wildman–Crippen MR) is 143 cm³/mol. The Morgan fingerprint density at radius 2 is 1.43 bits per heavy atom. The van der Waals surface area contributed by atoms with Crippen molar-refractivity contribution in [1.82, 2.24) is 0 Å². The number of rotatable bonds is 7. The minimum absolute atomic E-state index is 0.0396. The molecule has 9 atom stereocenters. The summed E-state index contributed by atoms with van der Waals surface area (Å²) in [7, 11) is 0. The smallest absolute Gasteiger partial charge is 0.340 e. The highest BCUT2D eigenvalue weighted by Gasteiger charge is 2.54. The number of carbonyl (C=O) groups is 2. The van der Waals surface area contributed by atoms with Crippen LogP contribution in [0.5, 0.6) is 0 Å². The third kappa shape index (κ3) is 6.24. The summed E-state index contributed by atoms with van der Waals surface area (Å²) in [6, 6.07) is 17.5. The van der Waals surface area contributed by atoms with E-state index in [0.29, 0.717) is 17.7 Å². The van der Waals surface area contributed by atoms with E-state index in [1.165, 1.54) is 0 Å². The van der Waals surface area contributed by atoms with Gasteiger partial charge in [-0.3, -0.25) is 0 Å². The average molecular weight is 555 g/mol. The molecule has 3 heterocycles. The Bertz CT molecular complexity index is 1150. The molecule has 0 amide bonds. The number of esters is 2. The van der Waals surface area contributed by atoms with Gasteiger partial charge in [-0.15, -0.1) is 0 Å². The van der Waals surface area contributed by atoms with Gasteiger partial charge < -0.3 is 33.2 Å². The van der Waals surface area contributed by atoms with Crippen molar-refractivity contribution in [2.75, 3.05) is 13.2 Å². The van der Waals surface area contributed by atoms with Crippen LogP contribution in [0.15, 0.2) is 60.7 Å². The molecule has 0 N–H and O–H groups in total. The lowest BCUT2D eigenvalue weighted by atomic mass is 9.85. The molecule has 3 saturated heterocycles. The van der Waals surface area contributed by atoms with Gasteiger partial charge in [-0.25, -0.2) is 9.59 Å². The van der Waals surface area contributed by atoms with Crippen molar-refractivity contribution in [3.05, 3.63) is 71.8 Å². The maximum atomic E-state index is 13.0. The standard InChI is InChI=1S/C31H38O9/c1-18-16-35-30(26-24(18)39-31(4,5)40-26)37-25-19(2)23(17-34-27(32)21-12-8-6-9-13-21)36-29(20(25)3)38-28(33)22-14-10-7-11-15-22/h6-15,18-20,23-26,29-30H,16-17H2,1-5H3/t18-,19-,20?,23?,24+,25+,26?,29+,30-/m1/s1. The van der Waals surface area contributed by atoms with Crippen molar-refractivity contribution in [1.29, 1.82) is 0 Å². The van der Waals surface area contributed by atoms with E-state index in [9.17, 15) is 9.59 Å². The van der Waals surface area contributed by atoms with E-state index in [1.54, 1.807) is 48.5 Å². The molecule has 2 aromatic carbocycles. The third-order valence-electron chi connectivity index (χ3n) is 7.79. The number of ether oxygens (including phenoxy) is 7. The molecule has 2 aromatic rings. The summed E-state index contributed by atoms with van der Waals surface area (Å²) in [5, 5.41) is 0. The Balaban J connectivity index is 1.34. The van der Waals surface area contributed by atoms with E-state index >= 15 is 0 Å². The van der Waals surface area contributed by atoms with Crippen LogP contribution in [0.25, 0.3) is 0 Å². The highest BCUT2D eigenvalue weighted by Crippen LogP contribution is 2.41. The Hall–Kier alpha value is -2.82. The third-order valence-corrected chi connectivity index (χ3v) is 7.79. The van der Waals surface area contributed by atoms with Crippen LogP contribution in [0.1, 0.15) is 55.3 Å². The van der Waals surface area contributed by atoms with Crippen LogP contribution in [0, 0.1) is 17.8 Å². The molecule has 0 aliphatic carbocycles. The molecule has 5 rings (SSSR count). The van der Waals surface area contributed by atoms with Gasteiger partial charge in [0, 0.05) is 17.8 Å². The van der Waals surface area contributed by atoms with Gasteiger partial charge in [-0.05, 0) is 38.1 Å². The van der Waals surface area contributed by atoms with E-state index < -0.39 is 48.6 Å². The molecule has 9 heteroatoms. The lowest BCUT2D eigenvalue weighted by Crippen LogP contribution is -2.57. The van der Waals surface area contributed by atoms with Crippen LogP contribution in [-0.4, -0.2) is 67.9 Å². The Morgan fingerprint density at radius 1 is 0.825 bits per heavy atom. The molecule has 3 fully saturated rings. The van der Waals surface area contributed by atoms with Crippen LogP contribution in [0.2, 0.25) is 0 Å². The van der Waals surface area contributed by atoms with Gasteiger partial charge in [0.05, 0.1) is 29.9 Å². The molecule has 0 aromatic heterocycles. The topological polar surface area (TPSA) is 98.8 Å². The van der Waals surface area contributed by atoms with E-state index in [-0.39, 0.29) is 30.5 Å². The Labute approximate surface area is 235 Å². The molecule has 3 unspecified atom stereocenters. The lowest BCUT2D eigenvalue weighted by Gasteiger charge is -2.46. The second kappa shape index (κ2) is 12.0. The van der Waals surface area contributed by atoms with Gasteiger partial charge in [0.25, 0.3) is 0 Å². The summed E-state index contributed by atoms with van der Waals surface area (Å²) in [6.45, 7) is 10.1. The van der Waals surface area contributed by atoms with Crippen molar-refractivity contribution < 1.29 is 42.7 Å². The van der Waals surface area contributed by atoms with E-state index in [1.807, 2.05) is 39.8 Å². The van der Waals surface area contributed by atoms with Gasteiger partial charge >= 0.3 is 11.9 Å². The second-order valence-corrected chi connectivity index (χ2v) is 11.3. The summed E-state index contributed by atoms with van der Waals surface area (Å²) < 4.78 is 42.8. The fraction of sp³-hybridized carbons (Fsp3) is 0.548. The summed E-state index contributed by atoms with van der Waals surface area (Å²) in [5.41, 5.74) is 0.851. The summed E-state index contributed by atoms with van der Waals surface area (Å²) >= 11 is 0. The van der Waals surface area contributed by atoms with Crippen LogP contribution in [0.4, 0.5) is 0 Å². The molecule has 40 heavy (non-hydrogen) atoms. The number of benzene rings is 2. The highest BCUT2D eigenvalue weighted by molar-refractivity contribution is 5.89. The van der Waals surface area contributed by atoms with E-state index in [2.05, 4.69) is 6.92 Å². The molecular weight excluding hydrogens is 516 g/mol. The monoisotopic (exact) mass is 554 g/mol. The summed E-state index contributed by atoms with van der Waals surface area (Å²) in [4.78, 5) is 25.6.